The Hall–Kier alpha value is -3.02. The molecule has 2 atom stereocenters. The molecule has 1 aliphatic heterocycles. The van der Waals surface area contributed by atoms with Crippen molar-refractivity contribution in [3.8, 4) is 11.5 Å². The molecule has 0 aromatic heterocycles. The van der Waals surface area contributed by atoms with Gasteiger partial charge < -0.3 is 14.6 Å². The molecule has 32 heavy (non-hydrogen) atoms. The van der Waals surface area contributed by atoms with Crippen LogP contribution in [-0.4, -0.2) is 35.7 Å². The van der Waals surface area contributed by atoms with Gasteiger partial charge in [0.15, 0.2) is 0 Å². The molecule has 0 bridgehead atoms. The van der Waals surface area contributed by atoms with Crippen molar-refractivity contribution in [2.75, 3.05) is 13.7 Å². The van der Waals surface area contributed by atoms with E-state index in [-0.39, 0.29) is 6.04 Å². The number of hydrogen-bond acceptors (Lipinski definition) is 4. The van der Waals surface area contributed by atoms with Gasteiger partial charge in [-0.2, -0.15) is 0 Å². The number of methoxy groups -OCH3 is 1. The standard InChI is InChI=1S/C26H26ClNO4/c1-31-23-14-13-19(27)16-21(23)25(28-15-7-11-22(28)26(29)30)20-10-5-6-12-24(20)32-17-18-8-3-2-4-9-18/h2-6,8-10,12-14,16,22,25H,7,11,15,17H2,1H3,(H,29,30). The van der Waals surface area contributed by atoms with Gasteiger partial charge in [0, 0.05) is 22.7 Å². The fourth-order valence-electron chi connectivity index (χ4n) is 4.38. The van der Waals surface area contributed by atoms with E-state index in [9.17, 15) is 9.90 Å². The topological polar surface area (TPSA) is 59.0 Å². The van der Waals surface area contributed by atoms with E-state index in [1.807, 2.05) is 71.6 Å². The maximum Gasteiger partial charge on any atom is 0.320 e. The van der Waals surface area contributed by atoms with Crippen molar-refractivity contribution in [2.45, 2.75) is 31.5 Å². The summed E-state index contributed by atoms with van der Waals surface area (Å²) in [6, 6.07) is 22.2. The van der Waals surface area contributed by atoms with Crippen molar-refractivity contribution in [3.63, 3.8) is 0 Å². The number of benzene rings is 3. The second-order valence-electron chi connectivity index (χ2n) is 7.83. The summed E-state index contributed by atoms with van der Waals surface area (Å²) < 4.78 is 11.9. The lowest BCUT2D eigenvalue weighted by Gasteiger charge is -2.33. The second-order valence-corrected chi connectivity index (χ2v) is 8.27. The predicted octanol–water partition coefficient (Wildman–Crippen LogP) is 5.57. The molecule has 1 saturated heterocycles. The molecular weight excluding hydrogens is 426 g/mol. The van der Waals surface area contributed by atoms with Crippen molar-refractivity contribution in [2.24, 2.45) is 0 Å². The number of para-hydroxylation sites is 1. The molecule has 6 heteroatoms. The Labute approximate surface area is 193 Å². The number of ether oxygens (including phenoxy) is 2. The Bertz CT molecular complexity index is 1070. The number of carboxylic acids is 1. The van der Waals surface area contributed by atoms with Crippen LogP contribution in [0.4, 0.5) is 0 Å². The fourth-order valence-corrected chi connectivity index (χ4v) is 4.56. The van der Waals surface area contributed by atoms with Crippen LogP contribution in [0.2, 0.25) is 5.02 Å². The molecule has 3 aromatic carbocycles. The largest absolute Gasteiger partial charge is 0.496 e. The van der Waals surface area contributed by atoms with Gasteiger partial charge in [0.05, 0.1) is 13.2 Å². The monoisotopic (exact) mass is 451 g/mol. The summed E-state index contributed by atoms with van der Waals surface area (Å²) >= 11 is 6.37. The minimum atomic E-state index is -0.823. The Morgan fingerprint density at radius 2 is 1.81 bits per heavy atom. The fraction of sp³-hybridized carbons (Fsp3) is 0.269. The maximum atomic E-state index is 12.1. The normalized spacial score (nSPS) is 17.1. The first-order valence-electron chi connectivity index (χ1n) is 10.7. The van der Waals surface area contributed by atoms with Crippen molar-refractivity contribution in [3.05, 3.63) is 94.5 Å². The smallest absolute Gasteiger partial charge is 0.320 e. The van der Waals surface area contributed by atoms with Crippen LogP contribution in [0.1, 0.15) is 35.6 Å². The molecule has 0 radical (unpaired) electrons. The molecule has 1 fully saturated rings. The van der Waals surface area contributed by atoms with E-state index in [0.29, 0.717) is 36.1 Å². The maximum absolute atomic E-state index is 12.1. The van der Waals surface area contributed by atoms with Crippen LogP contribution in [-0.2, 0) is 11.4 Å². The summed E-state index contributed by atoms with van der Waals surface area (Å²) in [6.45, 7) is 1.07. The molecule has 0 aliphatic carbocycles. The zero-order valence-corrected chi connectivity index (χ0v) is 18.7. The second kappa shape index (κ2) is 10.1. The van der Waals surface area contributed by atoms with Gasteiger partial charge >= 0.3 is 5.97 Å². The first-order chi connectivity index (χ1) is 15.6. The first-order valence-corrected chi connectivity index (χ1v) is 11.0. The average molecular weight is 452 g/mol. The molecule has 0 saturated carbocycles. The SMILES string of the molecule is COc1ccc(Cl)cc1C(c1ccccc1OCc1ccccc1)N1CCCC1C(=O)O. The first kappa shape index (κ1) is 22.2. The van der Waals surface area contributed by atoms with Crippen LogP contribution in [0, 0.1) is 0 Å². The van der Waals surface area contributed by atoms with Crippen LogP contribution in [0.5, 0.6) is 11.5 Å². The number of aliphatic carboxylic acids is 1. The number of nitrogens with zero attached hydrogens (tertiary/aromatic N) is 1. The van der Waals surface area contributed by atoms with Gasteiger partial charge in [0.1, 0.15) is 24.1 Å². The summed E-state index contributed by atoms with van der Waals surface area (Å²) in [5.74, 6) is 0.545. The van der Waals surface area contributed by atoms with E-state index in [0.717, 1.165) is 23.1 Å². The van der Waals surface area contributed by atoms with Crippen LogP contribution in [0.25, 0.3) is 0 Å². The number of likely N-dealkylation sites (tertiary alicyclic amines) is 1. The molecule has 1 heterocycles. The highest BCUT2D eigenvalue weighted by molar-refractivity contribution is 6.30. The summed E-state index contributed by atoms with van der Waals surface area (Å²) in [6.07, 6.45) is 1.41. The summed E-state index contributed by atoms with van der Waals surface area (Å²) in [5, 5.41) is 10.5. The van der Waals surface area contributed by atoms with E-state index in [4.69, 9.17) is 21.1 Å². The predicted molar refractivity (Wildman–Crippen MR) is 124 cm³/mol. The van der Waals surface area contributed by atoms with Gasteiger partial charge in [-0.3, -0.25) is 9.69 Å². The third-order valence-electron chi connectivity index (χ3n) is 5.85. The number of hydrogen-bond donors (Lipinski definition) is 1. The molecule has 1 aliphatic rings. The minimum absolute atomic E-state index is 0.376. The van der Waals surface area contributed by atoms with Crippen molar-refractivity contribution < 1.29 is 19.4 Å². The molecule has 0 amide bonds. The van der Waals surface area contributed by atoms with E-state index in [1.165, 1.54) is 0 Å². The van der Waals surface area contributed by atoms with Crippen LogP contribution in [0.15, 0.2) is 72.8 Å². The molecular formula is C26H26ClNO4. The van der Waals surface area contributed by atoms with Gasteiger partial charge in [0.25, 0.3) is 0 Å². The number of rotatable bonds is 8. The highest BCUT2D eigenvalue weighted by Gasteiger charge is 2.39. The molecule has 1 N–H and O–H groups in total. The minimum Gasteiger partial charge on any atom is -0.496 e. The lowest BCUT2D eigenvalue weighted by molar-refractivity contribution is -0.142. The van der Waals surface area contributed by atoms with E-state index >= 15 is 0 Å². The highest BCUT2D eigenvalue weighted by Crippen LogP contribution is 2.43. The number of carboxylic acid groups (broad SMARTS) is 1. The van der Waals surface area contributed by atoms with Gasteiger partial charge in [0.2, 0.25) is 0 Å². The van der Waals surface area contributed by atoms with Crippen molar-refractivity contribution in [1.82, 2.24) is 4.90 Å². The van der Waals surface area contributed by atoms with Gasteiger partial charge in [-0.05, 0) is 42.7 Å². The Morgan fingerprint density at radius 1 is 1.06 bits per heavy atom. The van der Waals surface area contributed by atoms with E-state index in [2.05, 4.69) is 0 Å². The molecule has 4 rings (SSSR count). The third kappa shape index (κ3) is 4.74. The van der Waals surface area contributed by atoms with Crippen LogP contribution in [0.3, 0.4) is 0 Å². The molecule has 2 unspecified atom stereocenters. The summed E-state index contributed by atoms with van der Waals surface area (Å²) in [4.78, 5) is 14.1. The van der Waals surface area contributed by atoms with Crippen molar-refractivity contribution >= 4 is 17.6 Å². The number of carbonyl (C=O) groups is 1. The molecule has 0 spiro atoms. The summed E-state index contributed by atoms with van der Waals surface area (Å²) in [7, 11) is 1.61. The third-order valence-corrected chi connectivity index (χ3v) is 6.08. The number of halogens is 1. The van der Waals surface area contributed by atoms with Crippen molar-refractivity contribution in [1.29, 1.82) is 0 Å². The quantitative estimate of drug-likeness (QED) is 0.485. The molecule has 3 aromatic rings. The van der Waals surface area contributed by atoms with E-state index in [1.54, 1.807) is 13.2 Å². The molecule has 166 valence electrons. The Kier molecular flexibility index (Phi) is 6.98. The van der Waals surface area contributed by atoms with E-state index < -0.39 is 12.0 Å². The lowest BCUT2D eigenvalue weighted by atomic mass is 9.94. The Morgan fingerprint density at radius 3 is 2.56 bits per heavy atom. The van der Waals surface area contributed by atoms with Gasteiger partial charge in [-0.25, -0.2) is 0 Å². The molecule has 5 nitrogen and oxygen atoms in total. The lowest BCUT2D eigenvalue weighted by Crippen LogP contribution is -2.39. The average Bonchev–Trinajstić information content (AvgIpc) is 3.29. The summed E-state index contributed by atoms with van der Waals surface area (Å²) in [5.41, 5.74) is 2.77. The van der Waals surface area contributed by atoms with Gasteiger partial charge in [-0.15, -0.1) is 0 Å². The van der Waals surface area contributed by atoms with Crippen LogP contribution >= 0.6 is 11.6 Å². The highest BCUT2D eigenvalue weighted by atomic mass is 35.5. The van der Waals surface area contributed by atoms with Crippen LogP contribution < -0.4 is 9.47 Å². The Balaban J connectivity index is 1.79. The zero-order chi connectivity index (χ0) is 22.5. The zero-order valence-electron chi connectivity index (χ0n) is 17.9. The van der Waals surface area contributed by atoms with Gasteiger partial charge in [-0.1, -0.05) is 60.1 Å².